The average Bonchev–Trinajstić information content (AvgIpc) is 3.22. The van der Waals surface area contributed by atoms with E-state index in [0.717, 1.165) is 28.4 Å². The van der Waals surface area contributed by atoms with Gasteiger partial charge in [0.15, 0.2) is 16.7 Å². The van der Waals surface area contributed by atoms with Gasteiger partial charge in [-0.1, -0.05) is 30.3 Å². The van der Waals surface area contributed by atoms with Crippen LogP contribution in [0.5, 0.6) is 11.5 Å². The lowest BCUT2D eigenvalue weighted by atomic mass is 10.2. The van der Waals surface area contributed by atoms with Gasteiger partial charge < -0.3 is 19.6 Å². The second-order valence-corrected chi connectivity index (χ2v) is 8.06. The van der Waals surface area contributed by atoms with Crippen LogP contribution in [0.2, 0.25) is 0 Å². The number of carboxylic acids is 1. The van der Waals surface area contributed by atoms with Gasteiger partial charge in [-0.3, -0.25) is 0 Å². The van der Waals surface area contributed by atoms with Crippen LogP contribution in [0.15, 0.2) is 76.8 Å². The van der Waals surface area contributed by atoms with E-state index in [0.29, 0.717) is 28.8 Å². The Kier molecular flexibility index (Phi) is 6.95. The molecule has 4 rings (SSSR count). The van der Waals surface area contributed by atoms with Crippen molar-refractivity contribution in [3.8, 4) is 11.5 Å². The summed E-state index contributed by atoms with van der Waals surface area (Å²) < 4.78 is 24.6. The van der Waals surface area contributed by atoms with Crippen LogP contribution in [0.4, 0.5) is 4.39 Å². The fraction of sp³-hybridized carbons (Fsp3) is 0.120. The molecule has 33 heavy (non-hydrogen) atoms. The molecule has 0 aliphatic carbocycles. The van der Waals surface area contributed by atoms with Gasteiger partial charge in [0.25, 0.3) is 0 Å². The molecule has 0 fully saturated rings. The number of imidazole rings is 1. The highest BCUT2D eigenvalue weighted by atomic mass is 32.2. The lowest BCUT2D eigenvalue weighted by molar-refractivity contribution is -0.131. The number of benzene rings is 3. The summed E-state index contributed by atoms with van der Waals surface area (Å²) in [4.78, 5) is 19.5. The van der Waals surface area contributed by atoms with E-state index in [9.17, 15) is 14.3 Å². The van der Waals surface area contributed by atoms with E-state index in [-0.39, 0.29) is 17.3 Å². The summed E-state index contributed by atoms with van der Waals surface area (Å²) in [6.07, 6.45) is 1.56. The predicted molar refractivity (Wildman–Crippen MR) is 126 cm³/mol. The fourth-order valence-electron chi connectivity index (χ4n) is 3.11. The number of rotatable bonds is 9. The van der Waals surface area contributed by atoms with Gasteiger partial charge in [0.2, 0.25) is 0 Å². The summed E-state index contributed by atoms with van der Waals surface area (Å²) in [6.45, 7) is 2.52. The Hall–Kier alpha value is -3.78. The SMILES string of the molecule is CCOc1cc(/C=C(\Sc2nc3ccccc3[nH]2)C(=O)O)ccc1OCc1ccc(F)cc1. The zero-order chi connectivity index (χ0) is 23.2. The zero-order valence-corrected chi connectivity index (χ0v) is 18.6. The number of ether oxygens (including phenoxy) is 2. The number of carboxylic acid groups (broad SMARTS) is 1. The molecule has 0 aliphatic heterocycles. The number of H-pyrrole nitrogens is 1. The maximum atomic E-state index is 13.1. The number of fused-ring (bicyclic) bond motifs is 1. The number of aromatic amines is 1. The number of nitrogens with zero attached hydrogens (tertiary/aromatic N) is 1. The van der Waals surface area contributed by atoms with Crippen LogP contribution in [0.3, 0.4) is 0 Å². The summed E-state index contributed by atoms with van der Waals surface area (Å²) in [5, 5.41) is 10.2. The Bertz CT molecular complexity index is 1270. The second-order valence-electron chi connectivity index (χ2n) is 7.03. The summed E-state index contributed by atoms with van der Waals surface area (Å²) in [5.74, 6) is -0.360. The van der Waals surface area contributed by atoms with Crippen molar-refractivity contribution in [1.82, 2.24) is 9.97 Å². The normalized spacial score (nSPS) is 11.5. The summed E-state index contributed by atoms with van der Waals surface area (Å²) >= 11 is 1.04. The molecule has 4 aromatic rings. The number of nitrogens with one attached hydrogen (secondary N) is 1. The van der Waals surface area contributed by atoms with Crippen LogP contribution in [0.1, 0.15) is 18.1 Å². The zero-order valence-electron chi connectivity index (χ0n) is 17.7. The monoisotopic (exact) mass is 464 g/mol. The molecule has 0 amide bonds. The average molecular weight is 465 g/mol. The van der Waals surface area contributed by atoms with Crippen LogP contribution in [0.25, 0.3) is 17.1 Å². The lowest BCUT2D eigenvalue weighted by Gasteiger charge is -2.13. The summed E-state index contributed by atoms with van der Waals surface area (Å²) in [5.41, 5.74) is 3.07. The molecular weight excluding hydrogens is 443 g/mol. The van der Waals surface area contributed by atoms with E-state index in [2.05, 4.69) is 9.97 Å². The number of hydrogen-bond acceptors (Lipinski definition) is 5. The molecule has 0 bridgehead atoms. The predicted octanol–water partition coefficient (Wildman–Crippen LogP) is 5.90. The van der Waals surface area contributed by atoms with Crippen molar-refractivity contribution in [3.63, 3.8) is 0 Å². The highest BCUT2D eigenvalue weighted by Crippen LogP contribution is 2.33. The number of para-hydroxylation sites is 2. The number of carbonyl (C=O) groups is 1. The molecule has 0 atom stereocenters. The van der Waals surface area contributed by atoms with Gasteiger partial charge in [-0.05, 0) is 72.3 Å². The minimum absolute atomic E-state index is 0.108. The Morgan fingerprint density at radius 3 is 2.61 bits per heavy atom. The summed E-state index contributed by atoms with van der Waals surface area (Å²) in [7, 11) is 0. The Labute approximate surface area is 194 Å². The van der Waals surface area contributed by atoms with Crippen molar-refractivity contribution < 1.29 is 23.8 Å². The molecule has 1 aromatic heterocycles. The van der Waals surface area contributed by atoms with Crippen LogP contribution >= 0.6 is 11.8 Å². The molecule has 1 heterocycles. The van der Waals surface area contributed by atoms with Gasteiger partial charge in [-0.25, -0.2) is 14.2 Å². The molecule has 0 aliphatic rings. The van der Waals surface area contributed by atoms with Crippen LogP contribution in [-0.4, -0.2) is 27.7 Å². The van der Waals surface area contributed by atoms with Crippen LogP contribution < -0.4 is 9.47 Å². The van der Waals surface area contributed by atoms with E-state index in [1.807, 2.05) is 31.2 Å². The molecule has 0 saturated heterocycles. The quantitative estimate of drug-likeness (QED) is 0.237. The van der Waals surface area contributed by atoms with Gasteiger partial charge in [0.1, 0.15) is 17.3 Å². The van der Waals surface area contributed by atoms with Crippen LogP contribution in [-0.2, 0) is 11.4 Å². The maximum Gasteiger partial charge on any atom is 0.342 e. The van der Waals surface area contributed by atoms with Gasteiger partial charge in [-0.15, -0.1) is 0 Å². The first kappa shape index (κ1) is 22.4. The Morgan fingerprint density at radius 1 is 1.09 bits per heavy atom. The molecule has 6 nitrogen and oxygen atoms in total. The van der Waals surface area contributed by atoms with Crippen molar-refractivity contribution in [3.05, 3.63) is 88.6 Å². The molecule has 2 N–H and O–H groups in total. The third-order valence-electron chi connectivity index (χ3n) is 4.66. The molecule has 0 radical (unpaired) electrons. The molecule has 3 aromatic carbocycles. The largest absolute Gasteiger partial charge is 0.490 e. The van der Waals surface area contributed by atoms with Crippen molar-refractivity contribution in [1.29, 1.82) is 0 Å². The van der Waals surface area contributed by atoms with E-state index in [1.54, 1.807) is 36.4 Å². The molecule has 8 heteroatoms. The minimum Gasteiger partial charge on any atom is -0.490 e. The maximum absolute atomic E-state index is 13.1. The highest BCUT2D eigenvalue weighted by Gasteiger charge is 2.14. The molecule has 0 unspecified atom stereocenters. The minimum atomic E-state index is -1.06. The first-order valence-corrected chi connectivity index (χ1v) is 11.0. The number of aromatic nitrogens is 2. The smallest absolute Gasteiger partial charge is 0.342 e. The third kappa shape index (κ3) is 5.72. The molecule has 168 valence electrons. The first-order chi connectivity index (χ1) is 16.0. The molecule has 0 spiro atoms. The van der Waals surface area contributed by atoms with Gasteiger partial charge in [-0.2, -0.15) is 0 Å². The number of hydrogen-bond donors (Lipinski definition) is 2. The van der Waals surface area contributed by atoms with E-state index < -0.39 is 5.97 Å². The van der Waals surface area contributed by atoms with Gasteiger partial charge in [0.05, 0.1) is 17.6 Å². The highest BCUT2D eigenvalue weighted by molar-refractivity contribution is 8.04. The molecule has 0 saturated carbocycles. The molecular formula is C25H21FN2O4S. The fourth-order valence-corrected chi connectivity index (χ4v) is 3.91. The summed E-state index contributed by atoms with van der Waals surface area (Å²) in [6, 6.07) is 18.8. The van der Waals surface area contributed by atoms with Gasteiger partial charge >= 0.3 is 5.97 Å². The standard InChI is InChI=1S/C25H21FN2O4S/c1-2-31-22-13-17(9-12-21(22)32-15-16-7-10-18(26)11-8-16)14-23(24(29)30)33-25-27-19-5-3-4-6-20(19)28-25/h3-14H,2,15H2,1H3,(H,27,28)(H,29,30)/b23-14-. The van der Waals surface area contributed by atoms with Crippen molar-refractivity contribution in [2.24, 2.45) is 0 Å². The van der Waals surface area contributed by atoms with Crippen LogP contribution in [0, 0.1) is 5.82 Å². The van der Waals surface area contributed by atoms with Crippen molar-refractivity contribution >= 4 is 34.8 Å². The Morgan fingerprint density at radius 2 is 1.88 bits per heavy atom. The number of aliphatic carboxylic acids is 1. The third-order valence-corrected chi connectivity index (χ3v) is 5.56. The van der Waals surface area contributed by atoms with Crippen molar-refractivity contribution in [2.75, 3.05) is 6.61 Å². The second kappa shape index (κ2) is 10.2. The first-order valence-electron chi connectivity index (χ1n) is 10.2. The number of halogens is 1. The van der Waals surface area contributed by atoms with Crippen molar-refractivity contribution in [2.45, 2.75) is 18.7 Å². The van der Waals surface area contributed by atoms with Gasteiger partial charge in [0, 0.05) is 0 Å². The lowest BCUT2D eigenvalue weighted by Crippen LogP contribution is -2.01. The Balaban J connectivity index is 1.55. The topological polar surface area (TPSA) is 84.4 Å². The van der Waals surface area contributed by atoms with E-state index in [1.165, 1.54) is 12.1 Å². The van der Waals surface area contributed by atoms with E-state index >= 15 is 0 Å². The van der Waals surface area contributed by atoms with E-state index in [4.69, 9.17) is 9.47 Å². The number of thioether (sulfide) groups is 1.